The molecule has 0 N–H and O–H groups in total. The van der Waals surface area contributed by atoms with E-state index in [4.69, 9.17) is 4.74 Å². The fourth-order valence-corrected chi connectivity index (χ4v) is 3.09. The number of hydrogen-bond donors (Lipinski definition) is 0. The molecule has 0 aliphatic carbocycles. The maximum absolute atomic E-state index is 12.8. The summed E-state index contributed by atoms with van der Waals surface area (Å²) in [5.41, 5.74) is 2.63. The molecule has 26 heavy (non-hydrogen) atoms. The minimum Gasteiger partial charge on any atom is -0.472 e. The number of carbonyl (C=O) groups is 1. The second kappa shape index (κ2) is 7.00. The maximum Gasteiger partial charge on any atom is 0.254 e. The normalized spacial score (nSPS) is 16.7. The van der Waals surface area contributed by atoms with Crippen molar-refractivity contribution in [2.75, 3.05) is 13.1 Å². The van der Waals surface area contributed by atoms with Crippen molar-refractivity contribution in [2.45, 2.75) is 19.4 Å². The van der Waals surface area contributed by atoms with Crippen molar-refractivity contribution in [2.24, 2.45) is 0 Å². The smallest absolute Gasteiger partial charge is 0.254 e. The number of ether oxygens (including phenoxy) is 1. The first-order valence-electron chi connectivity index (χ1n) is 8.68. The van der Waals surface area contributed by atoms with E-state index in [2.05, 4.69) is 10.1 Å². The van der Waals surface area contributed by atoms with Crippen molar-refractivity contribution in [3.05, 3.63) is 72.2 Å². The van der Waals surface area contributed by atoms with Crippen molar-refractivity contribution in [1.29, 1.82) is 0 Å². The molecule has 0 bridgehead atoms. The van der Waals surface area contributed by atoms with E-state index in [9.17, 15) is 4.79 Å². The molecule has 1 aliphatic rings. The molecule has 6 heteroatoms. The molecule has 132 valence electrons. The van der Waals surface area contributed by atoms with E-state index in [1.807, 2.05) is 60.5 Å². The summed E-state index contributed by atoms with van der Waals surface area (Å²) in [6.07, 6.45) is 6.14. The number of rotatable bonds is 4. The molecule has 1 fully saturated rings. The van der Waals surface area contributed by atoms with Gasteiger partial charge in [0.2, 0.25) is 5.88 Å². The molecule has 2 aromatic heterocycles. The van der Waals surface area contributed by atoms with Crippen molar-refractivity contribution >= 4 is 5.91 Å². The zero-order chi connectivity index (χ0) is 17.9. The molecule has 1 unspecified atom stereocenters. The van der Waals surface area contributed by atoms with Crippen molar-refractivity contribution in [3.63, 3.8) is 0 Å². The minimum atomic E-state index is -0.0246. The van der Waals surface area contributed by atoms with Crippen LogP contribution in [0.1, 0.15) is 22.3 Å². The lowest BCUT2D eigenvalue weighted by atomic mass is 10.2. The van der Waals surface area contributed by atoms with Gasteiger partial charge in [-0.3, -0.25) is 4.79 Å². The number of aryl methyl sites for hydroxylation is 1. The van der Waals surface area contributed by atoms with Gasteiger partial charge in [0, 0.05) is 43.2 Å². The fraction of sp³-hybridized carbons (Fsp3) is 0.250. The Kier molecular flexibility index (Phi) is 4.39. The lowest BCUT2D eigenvalue weighted by Crippen LogP contribution is -2.31. The van der Waals surface area contributed by atoms with Crippen molar-refractivity contribution in [1.82, 2.24) is 19.7 Å². The Bertz CT molecular complexity index is 890. The van der Waals surface area contributed by atoms with E-state index < -0.39 is 0 Å². The zero-order valence-electron chi connectivity index (χ0n) is 14.6. The van der Waals surface area contributed by atoms with Gasteiger partial charge in [-0.2, -0.15) is 5.10 Å². The molecule has 0 radical (unpaired) electrons. The van der Waals surface area contributed by atoms with Crippen LogP contribution >= 0.6 is 0 Å². The van der Waals surface area contributed by atoms with Crippen LogP contribution in [0.15, 0.2) is 61.1 Å². The first kappa shape index (κ1) is 16.3. The van der Waals surface area contributed by atoms with Gasteiger partial charge in [0.1, 0.15) is 6.10 Å². The number of aromatic nitrogens is 3. The molecule has 0 spiro atoms. The molecule has 1 amide bonds. The van der Waals surface area contributed by atoms with E-state index in [-0.39, 0.29) is 12.0 Å². The van der Waals surface area contributed by atoms with Crippen molar-refractivity contribution < 1.29 is 9.53 Å². The Labute approximate surface area is 152 Å². The number of benzene rings is 1. The highest BCUT2D eigenvalue weighted by atomic mass is 16.5. The predicted octanol–water partition coefficient (Wildman–Crippen LogP) is 2.87. The third-order valence-electron chi connectivity index (χ3n) is 4.47. The molecule has 1 aliphatic heterocycles. The van der Waals surface area contributed by atoms with E-state index in [1.165, 1.54) is 0 Å². The fourth-order valence-electron chi connectivity index (χ4n) is 3.09. The molecule has 0 saturated carbocycles. The van der Waals surface area contributed by atoms with E-state index in [0.29, 0.717) is 24.5 Å². The number of hydrogen-bond acceptors (Lipinski definition) is 4. The van der Waals surface area contributed by atoms with Crippen LogP contribution in [0.25, 0.3) is 5.69 Å². The van der Waals surface area contributed by atoms with Gasteiger partial charge in [0.15, 0.2) is 0 Å². The molecule has 3 aromatic rings. The summed E-state index contributed by atoms with van der Waals surface area (Å²) in [5.74, 6) is 0.623. The van der Waals surface area contributed by atoms with Crippen LogP contribution in [0.4, 0.5) is 0 Å². The van der Waals surface area contributed by atoms with Crippen LogP contribution in [-0.4, -0.2) is 44.8 Å². The standard InChI is InChI=1S/C20H20N4O2/c1-15-6-7-19(21-13-15)26-18-8-11-23(14-18)20(25)16-4-2-5-17(12-16)24-10-3-9-22-24/h2-7,9-10,12-13,18H,8,11,14H2,1H3. The Balaban J connectivity index is 1.43. The monoisotopic (exact) mass is 348 g/mol. The summed E-state index contributed by atoms with van der Waals surface area (Å²) < 4.78 is 7.66. The molecule has 1 aromatic carbocycles. The molecule has 4 rings (SSSR count). The Morgan fingerprint density at radius 3 is 2.92 bits per heavy atom. The van der Waals surface area contributed by atoms with Gasteiger partial charge in [0.25, 0.3) is 5.91 Å². The summed E-state index contributed by atoms with van der Waals surface area (Å²) in [6, 6.07) is 13.2. The van der Waals surface area contributed by atoms with Gasteiger partial charge in [-0.15, -0.1) is 0 Å². The second-order valence-electron chi connectivity index (χ2n) is 6.45. The topological polar surface area (TPSA) is 60.2 Å². The number of likely N-dealkylation sites (tertiary alicyclic amines) is 1. The average molecular weight is 348 g/mol. The zero-order valence-corrected chi connectivity index (χ0v) is 14.6. The summed E-state index contributed by atoms with van der Waals surface area (Å²) in [7, 11) is 0. The minimum absolute atomic E-state index is 0.0157. The lowest BCUT2D eigenvalue weighted by molar-refractivity contribution is 0.0771. The van der Waals surface area contributed by atoms with Gasteiger partial charge in [-0.05, 0) is 36.8 Å². The highest BCUT2D eigenvalue weighted by molar-refractivity contribution is 5.95. The largest absolute Gasteiger partial charge is 0.472 e. The van der Waals surface area contributed by atoms with Gasteiger partial charge < -0.3 is 9.64 Å². The molecular formula is C20H20N4O2. The maximum atomic E-state index is 12.8. The predicted molar refractivity (Wildman–Crippen MR) is 97.5 cm³/mol. The highest BCUT2D eigenvalue weighted by Gasteiger charge is 2.28. The van der Waals surface area contributed by atoms with Crippen LogP contribution in [0, 0.1) is 6.92 Å². The quantitative estimate of drug-likeness (QED) is 0.727. The summed E-state index contributed by atoms with van der Waals surface area (Å²) in [4.78, 5) is 18.9. The Morgan fingerprint density at radius 1 is 1.23 bits per heavy atom. The van der Waals surface area contributed by atoms with E-state index >= 15 is 0 Å². The Hall–Kier alpha value is -3.15. The number of carbonyl (C=O) groups excluding carboxylic acids is 1. The van der Waals surface area contributed by atoms with Gasteiger partial charge in [-0.25, -0.2) is 9.67 Å². The van der Waals surface area contributed by atoms with Gasteiger partial charge in [0.05, 0.1) is 12.2 Å². The first-order valence-corrected chi connectivity index (χ1v) is 8.68. The third kappa shape index (κ3) is 3.44. The Morgan fingerprint density at radius 2 is 2.15 bits per heavy atom. The van der Waals surface area contributed by atoms with E-state index in [0.717, 1.165) is 17.7 Å². The van der Waals surface area contributed by atoms with Crippen LogP contribution in [0.2, 0.25) is 0 Å². The van der Waals surface area contributed by atoms with Gasteiger partial charge >= 0.3 is 0 Å². The highest BCUT2D eigenvalue weighted by Crippen LogP contribution is 2.20. The van der Waals surface area contributed by atoms with Crippen molar-refractivity contribution in [3.8, 4) is 11.6 Å². The van der Waals surface area contributed by atoms with Gasteiger partial charge in [-0.1, -0.05) is 12.1 Å². The average Bonchev–Trinajstić information content (AvgIpc) is 3.35. The lowest BCUT2D eigenvalue weighted by Gasteiger charge is -2.17. The van der Waals surface area contributed by atoms with Crippen LogP contribution in [0.3, 0.4) is 0 Å². The summed E-state index contributed by atoms with van der Waals surface area (Å²) >= 11 is 0. The van der Waals surface area contributed by atoms with Crippen LogP contribution in [-0.2, 0) is 0 Å². The first-order chi connectivity index (χ1) is 12.7. The number of pyridine rings is 1. The number of amides is 1. The van der Waals surface area contributed by atoms with Crippen LogP contribution < -0.4 is 4.74 Å². The molecule has 1 saturated heterocycles. The third-order valence-corrected chi connectivity index (χ3v) is 4.47. The summed E-state index contributed by atoms with van der Waals surface area (Å²) in [6.45, 7) is 3.24. The number of nitrogens with zero attached hydrogens (tertiary/aromatic N) is 4. The molecule has 6 nitrogen and oxygen atoms in total. The SMILES string of the molecule is Cc1ccc(OC2CCN(C(=O)c3cccc(-n4cccn4)c3)C2)nc1. The van der Waals surface area contributed by atoms with E-state index in [1.54, 1.807) is 17.1 Å². The van der Waals surface area contributed by atoms with Crippen LogP contribution in [0.5, 0.6) is 5.88 Å². The second-order valence-corrected chi connectivity index (χ2v) is 6.45. The molecule has 1 atom stereocenters. The molecule has 3 heterocycles. The molecular weight excluding hydrogens is 328 g/mol. The summed E-state index contributed by atoms with van der Waals surface area (Å²) in [5, 5.41) is 4.21.